The number of benzene rings is 1. The number of nitrogens with two attached hydrogens (primary N) is 1. The summed E-state index contributed by atoms with van der Waals surface area (Å²) in [5, 5.41) is 19.6. The maximum atomic E-state index is 10.9. The molecule has 0 aliphatic rings. The van der Waals surface area contributed by atoms with Gasteiger partial charge >= 0.3 is 5.69 Å². The lowest BCUT2D eigenvalue weighted by molar-refractivity contribution is -0.385. The maximum Gasteiger partial charge on any atom is 0.311 e. The molecule has 0 heterocycles. The van der Waals surface area contributed by atoms with Crippen LogP contribution in [0.1, 0.15) is 24.9 Å². The molecule has 17 heavy (non-hydrogen) atoms. The molecule has 0 aliphatic heterocycles. The van der Waals surface area contributed by atoms with E-state index in [1.165, 1.54) is 12.1 Å². The van der Waals surface area contributed by atoms with Crippen molar-refractivity contribution in [2.24, 2.45) is 5.73 Å². The molecule has 1 unspecified atom stereocenters. The van der Waals surface area contributed by atoms with Gasteiger partial charge in [0.15, 0.2) is 5.75 Å². The monoisotopic (exact) mass is 240 g/mol. The van der Waals surface area contributed by atoms with Gasteiger partial charge in [-0.25, -0.2) is 0 Å². The molecule has 1 atom stereocenters. The lowest BCUT2D eigenvalue weighted by atomic mass is 10.0. The predicted molar refractivity (Wildman–Crippen MR) is 62.9 cm³/mol. The van der Waals surface area contributed by atoms with E-state index in [2.05, 4.69) is 0 Å². The number of rotatable bonds is 6. The fourth-order valence-corrected chi connectivity index (χ4v) is 1.49. The molecular formula is C11H16N2O4. The van der Waals surface area contributed by atoms with Crippen LogP contribution in [0.5, 0.6) is 5.75 Å². The van der Waals surface area contributed by atoms with Gasteiger partial charge in [-0.2, -0.15) is 0 Å². The van der Waals surface area contributed by atoms with Crippen molar-refractivity contribution in [2.45, 2.75) is 19.4 Å². The summed E-state index contributed by atoms with van der Waals surface area (Å²) in [4.78, 5) is 10.4. The summed E-state index contributed by atoms with van der Waals surface area (Å²) in [6.45, 7) is 2.07. The Morgan fingerprint density at radius 3 is 2.82 bits per heavy atom. The van der Waals surface area contributed by atoms with Gasteiger partial charge in [0.25, 0.3) is 0 Å². The van der Waals surface area contributed by atoms with Gasteiger partial charge in [-0.3, -0.25) is 10.1 Å². The quantitative estimate of drug-likeness (QED) is 0.578. The van der Waals surface area contributed by atoms with Crippen molar-refractivity contribution in [3.8, 4) is 5.75 Å². The molecule has 6 heteroatoms. The third-order valence-corrected chi connectivity index (χ3v) is 2.35. The SMILES string of the molecule is CCOc1ccc(C(N)CCO)cc1[N+](=O)[O-]. The molecule has 0 spiro atoms. The van der Waals surface area contributed by atoms with Crippen LogP contribution in [0.25, 0.3) is 0 Å². The molecule has 6 nitrogen and oxygen atoms in total. The molecule has 0 fully saturated rings. The summed E-state index contributed by atoms with van der Waals surface area (Å²) < 4.78 is 5.16. The first-order valence-electron chi connectivity index (χ1n) is 5.37. The molecule has 1 aromatic carbocycles. The molecule has 94 valence electrons. The molecule has 0 bridgehead atoms. The molecule has 0 aliphatic carbocycles. The van der Waals surface area contributed by atoms with E-state index in [4.69, 9.17) is 15.6 Å². The number of aliphatic hydroxyl groups is 1. The normalized spacial score (nSPS) is 12.2. The van der Waals surface area contributed by atoms with Crippen molar-refractivity contribution in [3.63, 3.8) is 0 Å². The van der Waals surface area contributed by atoms with Crippen molar-refractivity contribution >= 4 is 5.69 Å². The highest BCUT2D eigenvalue weighted by Crippen LogP contribution is 2.30. The Morgan fingerprint density at radius 1 is 1.59 bits per heavy atom. The van der Waals surface area contributed by atoms with Crippen LogP contribution in [0.15, 0.2) is 18.2 Å². The molecule has 1 rings (SSSR count). The average Bonchev–Trinajstić information content (AvgIpc) is 2.30. The number of nitro groups is 1. The van der Waals surface area contributed by atoms with Gasteiger partial charge in [0, 0.05) is 18.7 Å². The van der Waals surface area contributed by atoms with Gasteiger partial charge in [0.2, 0.25) is 0 Å². The van der Waals surface area contributed by atoms with E-state index in [0.717, 1.165) is 0 Å². The Balaban J connectivity index is 3.04. The van der Waals surface area contributed by atoms with E-state index >= 15 is 0 Å². The summed E-state index contributed by atoms with van der Waals surface area (Å²) in [7, 11) is 0. The second-order valence-corrected chi connectivity index (χ2v) is 3.54. The van der Waals surface area contributed by atoms with E-state index in [0.29, 0.717) is 18.6 Å². The van der Waals surface area contributed by atoms with E-state index in [1.807, 2.05) is 0 Å². The van der Waals surface area contributed by atoms with Crippen LogP contribution in [-0.4, -0.2) is 23.2 Å². The largest absolute Gasteiger partial charge is 0.487 e. The van der Waals surface area contributed by atoms with Crippen LogP contribution in [0.2, 0.25) is 0 Å². The van der Waals surface area contributed by atoms with Gasteiger partial charge in [-0.1, -0.05) is 6.07 Å². The Kier molecular flexibility index (Phi) is 4.86. The smallest absolute Gasteiger partial charge is 0.311 e. The minimum Gasteiger partial charge on any atom is -0.487 e. The zero-order valence-corrected chi connectivity index (χ0v) is 9.63. The molecule has 0 amide bonds. The first kappa shape index (κ1) is 13.4. The number of aliphatic hydroxyl groups excluding tert-OH is 1. The highest BCUT2D eigenvalue weighted by atomic mass is 16.6. The summed E-state index contributed by atoms with van der Waals surface area (Å²) in [5.74, 6) is 0.234. The van der Waals surface area contributed by atoms with Crippen molar-refractivity contribution in [3.05, 3.63) is 33.9 Å². The first-order valence-corrected chi connectivity index (χ1v) is 5.37. The number of hydrogen-bond acceptors (Lipinski definition) is 5. The van der Waals surface area contributed by atoms with Crippen LogP contribution >= 0.6 is 0 Å². The Bertz CT molecular complexity index is 395. The molecular weight excluding hydrogens is 224 g/mol. The van der Waals surface area contributed by atoms with Crippen LogP contribution in [-0.2, 0) is 0 Å². The number of nitro benzene ring substituents is 1. The second kappa shape index (κ2) is 6.17. The van der Waals surface area contributed by atoms with E-state index < -0.39 is 11.0 Å². The summed E-state index contributed by atoms with van der Waals surface area (Å²) in [5.41, 5.74) is 6.30. The Labute approximate surface area is 99.2 Å². The van der Waals surface area contributed by atoms with Crippen molar-refractivity contribution < 1.29 is 14.8 Å². The van der Waals surface area contributed by atoms with E-state index in [9.17, 15) is 10.1 Å². The molecule has 3 N–H and O–H groups in total. The van der Waals surface area contributed by atoms with Gasteiger partial charge in [0.05, 0.1) is 11.5 Å². The lowest BCUT2D eigenvalue weighted by Gasteiger charge is -2.11. The summed E-state index contributed by atoms with van der Waals surface area (Å²) >= 11 is 0. The standard InChI is InChI=1S/C11H16N2O4/c1-2-17-11-4-3-8(9(12)5-6-14)7-10(11)13(15)16/h3-4,7,9,14H,2,5-6,12H2,1H3. The summed E-state index contributed by atoms with van der Waals surface area (Å²) in [6, 6.07) is 4.20. The number of ether oxygens (including phenoxy) is 1. The van der Waals surface area contributed by atoms with Crippen molar-refractivity contribution in [1.82, 2.24) is 0 Å². The van der Waals surface area contributed by atoms with Gasteiger partial charge in [0.1, 0.15) is 0 Å². The van der Waals surface area contributed by atoms with Crippen LogP contribution < -0.4 is 10.5 Å². The zero-order valence-electron chi connectivity index (χ0n) is 9.63. The highest BCUT2D eigenvalue weighted by molar-refractivity contribution is 5.49. The topological polar surface area (TPSA) is 98.6 Å². The van der Waals surface area contributed by atoms with Crippen LogP contribution in [0.4, 0.5) is 5.69 Å². The fourth-order valence-electron chi connectivity index (χ4n) is 1.49. The second-order valence-electron chi connectivity index (χ2n) is 3.54. The third kappa shape index (κ3) is 3.40. The number of nitrogens with zero attached hydrogens (tertiary/aromatic N) is 1. The molecule has 1 aromatic rings. The minimum atomic E-state index is -0.500. The first-order chi connectivity index (χ1) is 8.10. The van der Waals surface area contributed by atoms with Gasteiger partial charge < -0.3 is 15.6 Å². The molecule has 0 saturated carbocycles. The van der Waals surface area contributed by atoms with Crippen molar-refractivity contribution in [1.29, 1.82) is 0 Å². The third-order valence-electron chi connectivity index (χ3n) is 2.35. The lowest BCUT2D eigenvalue weighted by Crippen LogP contribution is -2.12. The van der Waals surface area contributed by atoms with Crippen molar-refractivity contribution in [2.75, 3.05) is 13.2 Å². The molecule has 0 radical (unpaired) electrons. The van der Waals surface area contributed by atoms with Crippen LogP contribution in [0, 0.1) is 10.1 Å². The van der Waals surface area contributed by atoms with E-state index in [-0.39, 0.29) is 18.0 Å². The fraction of sp³-hybridized carbons (Fsp3) is 0.455. The highest BCUT2D eigenvalue weighted by Gasteiger charge is 2.17. The van der Waals surface area contributed by atoms with Gasteiger partial charge in [-0.05, 0) is 25.0 Å². The maximum absolute atomic E-state index is 10.9. The van der Waals surface area contributed by atoms with Gasteiger partial charge in [-0.15, -0.1) is 0 Å². The zero-order chi connectivity index (χ0) is 12.8. The van der Waals surface area contributed by atoms with E-state index in [1.54, 1.807) is 13.0 Å². The summed E-state index contributed by atoms with van der Waals surface area (Å²) in [6.07, 6.45) is 0.366. The predicted octanol–water partition coefficient (Wildman–Crippen LogP) is 1.38. The average molecular weight is 240 g/mol. The van der Waals surface area contributed by atoms with Crippen LogP contribution in [0.3, 0.4) is 0 Å². The Morgan fingerprint density at radius 2 is 2.29 bits per heavy atom. The molecule has 0 aromatic heterocycles. The molecule has 0 saturated heterocycles. The minimum absolute atomic E-state index is 0.0534. The number of hydrogen-bond donors (Lipinski definition) is 2. The Hall–Kier alpha value is -1.66.